The van der Waals surface area contributed by atoms with Crippen LogP contribution in [0.4, 0.5) is 119 Å². The highest BCUT2D eigenvalue weighted by Crippen LogP contribution is 2.52. The molecule has 0 aromatic carbocycles. The number of hydrogen-bond donors (Lipinski definition) is 5. The van der Waals surface area contributed by atoms with E-state index in [1.54, 1.807) is 0 Å². The molecular weight excluding hydrogens is 889 g/mol. The molecule has 0 unspecified atom stereocenters. The van der Waals surface area contributed by atoms with Crippen LogP contribution in [0.25, 0.3) is 0 Å². The molecule has 7 nitrogen and oxygen atoms in total. The maximum atomic E-state index is 12.7. The molecule has 0 fully saturated rings. The van der Waals surface area contributed by atoms with Crippen LogP contribution in [0.1, 0.15) is 25.7 Å². The van der Waals surface area contributed by atoms with Crippen LogP contribution in [-0.2, 0) is 9.53 Å². The van der Waals surface area contributed by atoms with E-state index in [-0.39, 0.29) is 0 Å². The number of hydrogen-bond acceptors (Lipinski definition) is 7. The van der Waals surface area contributed by atoms with Crippen LogP contribution in [0, 0.1) is 0 Å². The minimum Gasteiger partial charge on any atom is -0.459 e. The molecule has 0 amide bonds. The van der Waals surface area contributed by atoms with E-state index in [2.05, 4.69) is 4.74 Å². The molecule has 0 spiro atoms. The van der Waals surface area contributed by atoms with Gasteiger partial charge in [-0.1, -0.05) is 6.58 Å². The summed E-state index contributed by atoms with van der Waals surface area (Å²) in [7, 11) is 0. The van der Waals surface area contributed by atoms with Crippen molar-refractivity contribution < 1.29 is 154 Å². The zero-order valence-corrected chi connectivity index (χ0v) is 25.4. The number of ether oxygens (including phenoxy) is 1. The first-order valence-electron chi connectivity index (χ1n) is 12.8. The summed E-state index contributed by atoms with van der Waals surface area (Å²) in [5.41, 5.74) is -26.6. The number of rotatable bonds is 10. The zero-order chi connectivity index (χ0) is 46.3. The average molecular weight is 906 g/mol. The lowest BCUT2D eigenvalue weighted by Crippen LogP contribution is -2.62. The lowest BCUT2D eigenvalue weighted by molar-refractivity contribution is -0.386. The largest absolute Gasteiger partial charge is 0.459 e. The lowest BCUT2D eigenvalue weighted by atomic mass is 9.86. The van der Waals surface area contributed by atoms with Crippen LogP contribution >= 0.6 is 0 Å². The van der Waals surface area contributed by atoms with E-state index in [1.165, 1.54) is 0 Å². The number of halogens is 27. The van der Waals surface area contributed by atoms with Gasteiger partial charge < -0.3 is 30.3 Å². The van der Waals surface area contributed by atoms with E-state index in [0.29, 0.717) is 0 Å². The Kier molecular flexibility index (Phi) is 15.8. The van der Waals surface area contributed by atoms with Crippen molar-refractivity contribution in [3.63, 3.8) is 0 Å². The third kappa shape index (κ3) is 12.1. The van der Waals surface area contributed by atoms with Gasteiger partial charge in [0.2, 0.25) is 0 Å². The average Bonchev–Trinajstić information content (AvgIpc) is 2.86. The molecule has 0 bridgehead atoms. The molecule has 5 N–H and O–H groups in total. The molecule has 0 aliphatic rings. The van der Waals surface area contributed by atoms with Gasteiger partial charge in [0.25, 0.3) is 22.4 Å². The Balaban J connectivity index is 0. The molecule has 0 rings (SSSR count). The zero-order valence-electron chi connectivity index (χ0n) is 25.4. The smallest absolute Gasteiger partial charge is 0.426 e. The molecular formula is C22H17F27O7. The summed E-state index contributed by atoms with van der Waals surface area (Å²) in [5.74, 6) is -3.07. The summed E-state index contributed by atoms with van der Waals surface area (Å²) in [6.07, 6.45) is -80.2. The van der Waals surface area contributed by atoms with Gasteiger partial charge in [-0.15, -0.1) is 0 Å². The van der Waals surface area contributed by atoms with Crippen LogP contribution < -0.4 is 0 Å². The molecule has 56 heavy (non-hydrogen) atoms. The van der Waals surface area contributed by atoms with Crippen molar-refractivity contribution in [3.05, 3.63) is 12.2 Å². The molecule has 336 valence electrons. The van der Waals surface area contributed by atoms with Crippen molar-refractivity contribution in [3.8, 4) is 0 Å². The molecule has 0 aliphatic heterocycles. The molecule has 0 aromatic heterocycles. The highest BCUT2D eigenvalue weighted by Gasteiger charge is 2.76. The van der Waals surface area contributed by atoms with E-state index in [1.807, 2.05) is 6.58 Å². The quantitative estimate of drug-likeness (QED) is 0.0883. The van der Waals surface area contributed by atoms with Gasteiger partial charge in [-0.05, 0) is 0 Å². The van der Waals surface area contributed by atoms with Crippen LogP contribution in [0.2, 0.25) is 0 Å². The molecule has 0 aliphatic carbocycles. The van der Waals surface area contributed by atoms with Crippen LogP contribution in [0.15, 0.2) is 12.2 Å². The first-order chi connectivity index (χ1) is 23.7. The van der Waals surface area contributed by atoms with Gasteiger partial charge in [0.15, 0.2) is 0 Å². The topological polar surface area (TPSA) is 127 Å². The monoisotopic (exact) mass is 906 g/mol. The predicted molar refractivity (Wildman–Crippen MR) is 118 cm³/mol. The number of carbonyl (C=O) groups excluding carboxylic acids is 1. The van der Waals surface area contributed by atoms with E-state index in [0.717, 1.165) is 0 Å². The second-order valence-electron chi connectivity index (χ2n) is 10.9. The first-order valence-corrected chi connectivity index (χ1v) is 12.8. The summed E-state index contributed by atoms with van der Waals surface area (Å²) in [6, 6.07) is 0. The minimum atomic E-state index is -6.88. The number of esters is 1. The molecule has 0 saturated carbocycles. The Labute approximate surface area is 288 Å². The second kappa shape index (κ2) is 16.1. The van der Waals surface area contributed by atoms with E-state index in [9.17, 15) is 123 Å². The van der Waals surface area contributed by atoms with E-state index >= 15 is 0 Å². The Morgan fingerprint density at radius 3 is 0.750 bits per heavy atom. The van der Waals surface area contributed by atoms with Crippen LogP contribution in [-0.4, -0.2) is 122 Å². The normalized spacial score (nSPS) is 15.5. The van der Waals surface area contributed by atoms with Crippen molar-refractivity contribution in [1.29, 1.82) is 0 Å². The molecule has 0 heterocycles. The fraction of sp³-hybridized carbons (Fsp3) is 0.864. The Morgan fingerprint density at radius 2 is 0.589 bits per heavy atom. The Bertz CT molecular complexity index is 1190. The Hall–Kier alpha value is -2.88. The van der Waals surface area contributed by atoms with E-state index < -0.39 is 127 Å². The number of aliphatic hydroxyl groups excluding tert-OH is 1. The Morgan fingerprint density at radius 1 is 0.411 bits per heavy atom. The fourth-order valence-electron chi connectivity index (χ4n) is 3.48. The second-order valence-corrected chi connectivity index (χ2v) is 10.9. The van der Waals surface area contributed by atoms with Gasteiger partial charge in [-0.2, -0.15) is 119 Å². The van der Waals surface area contributed by atoms with Gasteiger partial charge in [0.05, 0.1) is 6.10 Å². The van der Waals surface area contributed by atoms with Crippen molar-refractivity contribution in [2.24, 2.45) is 0 Å². The molecule has 0 atom stereocenters. The molecule has 0 radical (unpaired) electrons. The molecule has 0 saturated heterocycles. The number of alkyl halides is 27. The maximum absolute atomic E-state index is 12.7. The van der Waals surface area contributed by atoms with Crippen LogP contribution in [0.5, 0.6) is 0 Å². The summed E-state index contributed by atoms with van der Waals surface area (Å²) >= 11 is 0. The fourth-order valence-corrected chi connectivity index (χ4v) is 3.48. The summed E-state index contributed by atoms with van der Waals surface area (Å²) in [5, 5.41) is 43.9. The maximum Gasteiger partial charge on any atom is 0.426 e. The van der Waals surface area contributed by atoms with Crippen molar-refractivity contribution >= 4 is 5.97 Å². The van der Waals surface area contributed by atoms with Crippen molar-refractivity contribution in [2.75, 3.05) is 0 Å². The van der Waals surface area contributed by atoms with Crippen molar-refractivity contribution in [1.82, 2.24) is 0 Å². The van der Waals surface area contributed by atoms with Gasteiger partial charge in [0.1, 0.15) is 11.7 Å². The summed E-state index contributed by atoms with van der Waals surface area (Å²) < 4.78 is 340. The van der Waals surface area contributed by atoms with Crippen molar-refractivity contribution in [2.45, 2.75) is 116 Å². The minimum absolute atomic E-state index is 1.95. The summed E-state index contributed by atoms with van der Waals surface area (Å²) in [6.45, 7) is 1.95. The third-order valence-corrected chi connectivity index (χ3v) is 6.72. The van der Waals surface area contributed by atoms with Gasteiger partial charge >= 0.3 is 61.6 Å². The standard InChI is InChI=1S/C13H9F15O4.C9H8F12O3/c1-4(9(14,15)16)6(29)32-5(2-7(30,10(17,18)19)11(20,21)22)3-8(31,12(23,24)25)13(26,27)28;10-6(11,12)4(23,7(13,14)15)1-3(22)2-5(24,8(16,17)18)9(19,20)21/h5,30-31H,1-3H2;3,22-24H,1-2H2. The lowest BCUT2D eigenvalue weighted by Gasteiger charge is -2.38. The molecule has 34 heteroatoms. The van der Waals surface area contributed by atoms with Gasteiger partial charge in [-0.25, -0.2) is 4.79 Å². The van der Waals surface area contributed by atoms with Gasteiger partial charge in [-0.3, -0.25) is 0 Å². The van der Waals surface area contributed by atoms with E-state index in [4.69, 9.17) is 25.5 Å². The third-order valence-electron chi connectivity index (χ3n) is 6.72. The first kappa shape index (κ1) is 55.2. The highest BCUT2D eigenvalue weighted by molar-refractivity contribution is 5.89. The summed E-state index contributed by atoms with van der Waals surface area (Å²) in [4.78, 5) is 11.2. The predicted octanol–water partition coefficient (Wildman–Crippen LogP) is 7.35. The molecule has 0 aromatic rings. The number of carbonyl (C=O) groups is 1. The SMILES string of the molecule is C=C(C(=O)OC(CC(O)(C(F)(F)F)C(F)(F)F)CC(O)(C(F)(F)F)C(F)(F)F)C(F)(F)F.OC(CC(O)(C(F)(F)F)C(F)(F)F)CC(O)(C(F)(F)F)C(F)(F)F. The number of aliphatic hydroxyl groups is 5. The highest BCUT2D eigenvalue weighted by atomic mass is 19.5. The van der Waals surface area contributed by atoms with Crippen LogP contribution in [0.3, 0.4) is 0 Å². The van der Waals surface area contributed by atoms with Gasteiger partial charge in [0, 0.05) is 25.7 Å².